The molecule has 2 rings (SSSR count). The Balaban J connectivity index is 2.10. The van der Waals surface area contributed by atoms with Crippen molar-refractivity contribution in [1.82, 2.24) is 24.5 Å². The summed E-state index contributed by atoms with van der Waals surface area (Å²) in [5.41, 5.74) is 2.37. The molecule has 4 N–H and O–H groups in total. The van der Waals surface area contributed by atoms with Crippen LogP contribution < -0.4 is 21.3 Å². The van der Waals surface area contributed by atoms with Crippen LogP contribution in [-0.4, -0.2) is 31.1 Å². The van der Waals surface area contributed by atoms with Crippen LogP contribution in [0.4, 0.5) is 11.9 Å². The van der Waals surface area contributed by atoms with Gasteiger partial charge in [-0.15, -0.1) is 0 Å². The zero-order valence-corrected chi connectivity index (χ0v) is 10.8. The molecule has 0 spiro atoms. The topological polar surface area (TPSA) is 116 Å². The molecule has 19 heavy (non-hydrogen) atoms. The van der Waals surface area contributed by atoms with Crippen molar-refractivity contribution in [3.05, 3.63) is 18.2 Å². The van der Waals surface area contributed by atoms with Crippen LogP contribution in [-0.2, 0) is 13.6 Å². The number of aromatic nitrogens is 5. The maximum absolute atomic E-state index is 5.30. The standard InChI is InChI=1S/C10H16N8O/c1-3-19-10-15-8(14-9(16-10)17-11)13-6-7-12-4-5-18(7)2/h4-5H,3,6,11H2,1-2H3,(H2,13,14,15,16,17). The van der Waals surface area contributed by atoms with E-state index in [1.807, 2.05) is 24.7 Å². The van der Waals surface area contributed by atoms with Crippen LogP contribution in [0.5, 0.6) is 6.01 Å². The van der Waals surface area contributed by atoms with Gasteiger partial charge in [-0.2, -0.15) is 15.0 Å². The number of imidazole rings is 1. The number of anilines is 2. The monoisotopic (exact) mass is 264 g/mol. The van der Waals surface area contributed by atoms with Gasteiger partial charge in [-0.3, -0.25) is 5.43 Å². The Morgan fingerprint density at radius 2 is 2.11 bits per heavy atom. The van der Waals surface area contributed by atoms with Crippen LogP contribution in [0.15, 0.2) is 12.4 Å². The van der Waals surface area contributed by atoms with Gasteiger partial charge in [0.05, 0.1) is 13.2 Å². The second kappa shape index (κ2) is 5.96. The average Bonchev–Trinajstić information content (AvgIpc) is 2.82. The van der Waals surface area contributed by atoms with E-state index in [1.54, 1.807) is 6.20 Å². The number of nitrogens with one attached hydrogen (secondary N) is 2. The lowest BCUT2D eigenvalue weighted by molar-refractivity contribution is 0.312. The summed E-state index contributed by atoms with van der Waals surface area (Å²) in [6.45, 7) is 2.80. The van der Waals surface area contributed by atoms with Crippen LogP contribution >= 0.6 is 0 Å². The molecule has 102 valence electrons. The minimum atomic E-state index is 0.216. The zero-order chi connectivity index (χ0) is 13.7. The summed E-state index contributed by atoms with van der Waals surface area (Å²) in [5.74, 6) is 6.76. The third-order valence-corrected chi connectivity index (χ3v) is 2.34. The van der Waals surface area contributed by atoms with Crippen molar-refractivity contribution in [2.24, 2.45) is 12.9 Å². The number of nitrogens with two attached hydrogens (primary N) is 1. The van der Waals surface area contributed by atoms with Crippen molar-refractivity contribution in [2.75, 3.05) is 17.3 Å². The molecule has 0 fully saturated rings. The first kappa shape index (κ1) is 13.0. The Kier molecular flexibility index (Phi) is 4.08. The first-order valence-corrected chi connectivity index (χ1v) is 5.78. The lowest BCUT2D eigenvalue weighted by atomic mass is 10.6. The van der Waals surface area contributed by atoms with Crippen LogP contribution in [0.2, 0.25) is 0 Å². The molecule has 9 heteroatoms. The summed E-state index contributed by atoms with van der Waals surface area (Å²) in [5, 5.41) is 3.04. The third kappa shape index (κ3) is 3.28. The Morgan fingerprint density at radius 1 is 1.32 bits per heavy atom. The normalized spacial score (nSPS) is 10.3. The van der Waals surface area contributed by atoms with Gasteiger partial charge < -0.3 is 14.6 Å². The first-order chi connectivity index (χ1) is 9.22. The van der Waals surface area contributed by atoms with Crippen LogP contribution in [0.25, 0.3) is 0 Å². The number of nitrogen functional groups attached to an aromatic ring is 1. The molecule has 0 atom stereocenters. The van der Waals surface area contributed by atoms with E-state index in [0.717, 1.165) is 5.82 Å². The smallest absolute Gasteiger partial charge is 0.323 e. The van der Waals surface area contributed by atoms with E-state index in [-0.39, 0.29) is 12.0 Å². The van der Waals surface area contributed by atoms with Gasteiger partial charge in [0.25, 0.3) is 0 Å². The lowest BCUT2D eigenvalue weighted by Crippen LogP contribution is -2.15. The van der Waals surface area contributed by atoms with E-state index < -0.39 is 0 Å². The van der Waals surface area contributed by atoms with Gasteiger partial charge >= 0.3 is 6.01 Å². The molecule has 0 radical (unpaired) electrons. The maximum Gasteiger partial charge on any atom is 0.323 e. The highest BCUT2D eigenvalue weighted by molar-refractivity contribution is 5.35. The van der Waals surface area contributed by atoms with Crippen LogP contribution in [0, 0.1) is 0 Å². The molecule has 0 aliphatic rings. The summed E-state index contributed by atoms with van der Waals surface area (Å²) in [7, 11) is 1.91. The molecule has 9 nitrogen and oxygen atoms in total. The highest BCUT2D eigenvalue weighted by Crippen LogP contribution is 2.11. The maximum atomic E-state index is 5.30. The number of rotatable bonds is 6. The number of aryl methyl sites for hydroxylation is 1. The summed E-state index contributed by atoms with van der Waals surface area (Å²) >= 11 is 0. The van der Waals surface area contributed by atoms with Crippen LogP contribution in [0.3, 0.4) is 0 Å². The van der Waals surface area contributed by atoms with Gasteiger partial charge in [0.1, 0.15) is 5.82 Å². The van der Waals surface area contributed by atoms with E-state index in [1.165, 1.54) is 0 Å². The fourth-order valence-corrected chi connectivity index (χ4v) is 1.42. The Labute approximate surface area is 110 Å². The molecule has 2 aromatic heterocycles. The quantitative estimate of drug-likeness (QED) is 0.489. The second-order valence-corrected chi connectivity index (χ2v) is 3.65. The third-order valence-electron chi connectivity index (χ3n) is 2.34. The lowest BCUT2D eigenvalue weighted by Gasteiger charge is -2.08. The molecule has 2 heterocycles. The van der Waals surface area contributed by atoms with Crippen molar-refractivity contribution in [3.63, 3.8) is 0 Å². The largest absolute Gasteiger partial charge is 0.464 e. The molecule has 0 unspecified atom stereocenters. The number of hydrogen-bond donors (Lipinski definition) is 3. The molecule has 0 amide bonds. The second-order valence-electron chi connectivity index (χ2n) is 3.65. The predicted molar refractivity (Wildman–Crippen MR) is 69.3 cm³/mol. The number of hydrazine groups is 1. The molecule has 0 saturated heterocycles. The van der Waals surface area contributed by atoms with Crippen molar-refractivity contribution in [3.8, 4) is 6.01 Å². The van der Waals surface area contributed by atoms with E-state index in [0.29, 0.717) is 19.1 Å². The SMILES string of the molecule is CCOc1nc(NN)nc(NCc2nccn2C)n1. The number of nitrogens with zero attached hydrogens (tertiary/aromatic N) is 5. The van der Waals surface area contributed by atoms with E-state index in [4.69, 9.17) is 10.6 Å². The fourth-order valence-electron chi connectivity index (χ4n) is 1.42. The van der Waals surface area contributed by atoms with Gasteiger partial charge in [-0.1, -0.05) is 0 Å². The van der Waals surface area contributed by atoms with Gasteiger partial charge in [0, 0.05) is 19.4 Å². The Hall–Kier alpha value is -2.42. The van der Waals surface area contributed by atoms with E-state index in [2.05, 4.69) is 30.7 Å². The van der Waals surface area contributed by atoms with Crippen LogP contribution in [0.1, 0.15) is 12.7 Å². The van der Waals surface area contributed by atoms with Crippen molar-refractivity contribution in [1.29, 1.82) is 0 Å². The van der Waals surface area contributed by atoms with Gasteiger partial charge in [0.2, 0.25) is 11.9 Å². The average molecular weight is 264 g/mol. The molecule has 0 bridgehead atoms. The number of ether oxygens (including phenoxy) is 1. The first-order valence-electron chi connectivity index (χ1n) is 5.78. The molecular formula is C10H16N8O. The van der Waals surface area contributed by atoms with Crippen molar-refractivity contribution < 1.29 is 4.74 Å². The summed E-state index contributed by atoms with van der Waals surface area (Å²) < 4.78 is 7.13. The molecule has 0 aliphatic heterocycles. The van der Waals surface area contributed by atoms with Crippen molar-refractivity contribution in [2.45, 2.75) is 13.5 Å². The highest BCUT2D eigenvalue weighted by atomic mass is 16.5. The minimum Gasteiger partial charge on any atom is -0.464 e. The Morgan fingerprint density at radius 3 is 2.74 bits per heavy atom. The van der Waals surface area contributed by atoms with E-state index >= 15 is 0 Å². The van der Waals surface area contributed by atoms with Crippen molar-refractivity contribution >= 4 is 11.9 Å². The summed E-state index contributed by atoms with van der Waals surface area (Å²) in [6.07, 6.45) is 3.59. The summed E-state index contributed by atoms with van der Waals surface area (Å²) in [4.78, 5) is 16.3. The predicted octanol–water partition coefficient (Wildman–Crippen LogP) is -0.0985. The fraction of sp³-hybridized carbons (Fsp3) is 0.400. The zero-order valence-electron chi connectivity index (χ0n) is 10.8. The summed E-state index contributed by atoms with van der Waals surface area (Å²) in [6, 6.07) is 0.216. The molecule has 2 aromatic rings. The molecule has 0 aromatic carbocycles. The molecule has 0 aliphatic carbocycles. The van der Waals surface area contributed by atoms with Gasteiger partial charge in [0.15, 0.2) is 0 Å². The minimum absolute atomic E-state index is 0.216. The number of hydrogen-bond acceptors (Lipinski definition) is 8. The molecule has 0 saturated carbocycles. The van der Waals surface area contributed by atoms with Gasteiger partial charge in [-0.05, 0) is 6.92 Å². The highest BCUT2D eigenvalue weighted by Gasteiger charge is 2.07. The molecular weight excluding hydrogens is 248 g/mol. The Bertz CT molecular complexity index is 540. The van der Waals surface area contributed by atoms with Gasteiger partial charge in [-0.25, -0.2) is 10.8 Å². The van der Waals surface area contributed by atoms with E-state index in [9.17, 15) is 0 Å².